The van der Waals surface area contributed by atoms with Crippen LogP contribution in [0.25, 0.3) is 0 Å². The quantitative estimate of drug-likeness (QED) is 0.123. The van der Waals surface area contributed by atoms with Crippen LogP contribution in [0.4, 0.5) is 0 Å². The average Bonchev–Trinajstić information content (AvgIpc) is 2.35. The molecule has 0 fully saturated rings. The number of thiocarbonyl (C=S) groups is 1. The number of carbonyl (C=O) groups is 1. The van der Waals surface area contributed by atoms with Crippen molar-refractivity contribution in [2.24, 2.45) is 0 Å². The van der Waals surface area contributed by atoms with Crippen molar-refractivity contribution in [3.8, 4) is 0 Å². The van der Waals surface area contributed by atoms with Crippen molar-refractivity contribution in [1.29, 1.82) is 0 Å². The van der Waals surface area contributed by atoms with Crippen molar-refractivity contribution >= 4 is 35.5 Å². The second-order valence-electron chi connectivity index (χ2n) is 3.06. The predicted molar refractivity (Wildman–Crippen MR) is 71.5 cm³/mol. The molecule has 0 radical (unpaired) electrons. The summed E-state index contributed by atoms with van der Waals surface area (Å²) in [5.41, 5.74) is 0. The van der Waals surface area contributed by atoms with E-state index in [0.29, 0.717) is 11.0 Å². The summed E-state index contributed by atoms with van der Waals surface area (Å²) in [7, 11) is 0. The Morgan fingerprint density at radius 3 is 2.05 bits per heavy atom. The molecule has 0 heterocycles. The van der Waals surface area contributed by atoms with Crippen LogP contribution in [0.15, 0.2) is 0 Å². The monoisotopic (exact) mass is 342 g/mol. The molecule has 0 spiro atoms. The molecule has 10 heteroatoms. The van der Waals surface area contributed by atoms with E-state index in [1.807, 2.05) is 6.92 Å². The van der Waals surface area contributed by atoms with Gasteiger partial charge in [0.2, 0.25) is 4.38 Å². The van der Waals surface area contributed by atoms with Gasteiger partial charge in [0.25, 0.3) is 0 Å². The molecule has 0 aliphatic carbocycles. The van der Waals surface area contributed by atoms with Gasteiger partial charge in [0.15, 0.2) is 6.29 Å². The number of rotatable bonds is 6. The van der Waals surface area contributed by atoms with E-state index >= 15 is 0 Å². The molecule has 5 N–H and O–H groups in total. The van der Waals surface area contributed by atoms with Crippen LogP contribution < -0.4 is 51.4 Å². The molecule has 0 saturated carbocycles. The van der Waals surface area contributed by atoms with Crippen LogP contribution in [0.5, 0.6) is 0 Å². The van der Waals surface area contributed by atoms with Gasteiger partial charge in [-0.15, -0.1) is 0 Å². The number of aliphatic hydroxyl groups excluding tert-OH is 5. The average molecular weight is 342 g/mol. The maximum absolute atomic E-state index is 9.90. The molecule has 0 bridgehead atoms. The standard InChI is InChI=1S/C6H12O6.C3H6OS2.K.H/c7-1-3(9)5(11)6(12)4(10)2-8;1-2-4-3(5)6;;/h1,3-6,8-12H,2H2;2H2,1H3,(H,5,6);;/q;;+1;-1/t3-,4+,5+,6+;;;/m0.../s1. The van der Waals surface area contributed by atoms with Crippen LogP contribution in [0, 0.1) is 0 Å². The van der Waals surface area contributed by atoms with Crippen molar-refractivity contribution in [1.82, 2.24) is 0 Å². The van der Waals surface area contributed by atoms with Gasteiger partial charge in [0.05, 0.1) is 13.2 Å². The number of ether oxygens (including phenoxy) is 1. The van der Waals surface area contributed by atoms with Crippen LogP contribution in [0.1, 0.15) is 8.35 Å². The summed E-state index contributed by atoms with van der Waals surface area (Å²) in [4.78, 5) is 9.90. The van der Waals surface area contributed by atoms with Crippen molar-refractivity contribution in [2.75, 3.05) is 13.2 Å². The Labute approximate surface area is 166 Å². The van der Waals surface area contributed by atoms with Crippen LogP contribution in [0.3, 0.4) is 0 Å². The van der Waals surface area contributed by atoms with Gasteiger partial charge in [-0.25, -0.2) is 0 Å². The smallest absolute Gasteiger partial charge is 1.00 e. The summed E-state index contributed by atoms with van der Waals surface area (Å²) in [6.45, 7) is 1.72. The molecule has 110 valence electrons. The minimum atomic E-state index is -1.79. The predicted octanol–water partition coefficient (Wildman–Crippen LogP) is -5.02. The normalized spacial score (nSPS) is 15.7. The summed E-state index contributed by atoms with van der Waals surface area (Å²) >= 11 is 8.12. The molecule has 19 heavy (non-hydrogen) atoms. The molecule has 0 aliphatic rings. The first-order chi connectivity index (χ1) is 8.31. The third-order valence-electron chi connectivity index (χ3n) is 1.69. The molecular formula is C9H19KO7S2. The molecular weight excluding hydrogens is 323 g/mol. The number of aldehydes is 1. The Morgan fingerprint density at radius 2 is 1.84 bits per heavy atom. The first kappa shape index (κ1) is 25.3. The molecule has 0 aromatic heterocycles. The van der Waals surface area contributed by atoms with Crippen LogP contribution in [0.2, 0.25) is 0 Å². The summed E-state index contributed by atoms with van der Waals surface area (Å²) < 4.78 is 4.95. The Hall–Kier alpha value is 1.35. The molecule has 0 aliphatic heterocycles. The van der Waals surface area contributed by atoms with E-state index in [4.69, 9.17) is 25.5 Å². The molecule has 0 rings (SSSR count). The van der Waals surface area contributed by atoms with Crippen LogP contribution in [-0.2, 0) is 9.53 Å². The molecule has 4 atom stereocenters. The summed E-state index contributed by atoms with van der Waals surface area (Å²) in [6.07, 6.45) is -6.84. The third-order valence-corrected chi connectivity index (χ3v) is 1.94. The van der Waals surface area contributed by atoms with Crippen molar-refractivity contribution < 1.29 is 87.9 Å². The van der Waals surface area contributed by atoms with Gasteiger partial charge in [-0.05, 0) is 19.1 Å². The zero-order valence-corrected chi connectivity index (χ0v) is 15.5. The van der Waals surface area contributed by atoms with Gasteiger partial charge in [-0.3, -0.25) is 0 Å². The Morgan fingerprint density at radius 1 is 1.37 bits per heavy atom. The van der Waals surface area contributed by atoms with Gasteiger partial charge < -0.3 is 36.5 Å². The van der Waals surface area contributed by atoms with E-state index in [2.05, 4.69) is 29.6 Å². The first-order valence-corrected chi connectivity index (χ1v) is 5.81. The Kier molecular flexibility index (Phi) is 21.0. The second kappa shape index (κ2) is 15.7. The molecule has 0 aromatic carbocycles. The topological polar surface area (TPSA) is 127 Å². The fourth-order valence-corrected chi connectivity index (χ4v) is 0.989. The SMILES string of the molecule is CCOC(=S)S.O=C[C@H](O)[C@@H](O)[C@H](O)[C@H](O)CO.[H-].[K+]. The third kappa shape index (κ3) is 14.1. The van der Waals surface area contributed by atoms with Crippen LogP contribution >= 0.6 is 24.8 Å². The number of thiol groups is 1. The van der Waals surface area contributed by atoms with E-state index in [1.54, 1.807) is 0 Å². The molecule has 0 saturated heterocycles. The van der Waals surface area contributed by atoms with E-state index in [9.17, 15) is 4.79 Å². The summed E-state index contributed by atoms with van der Waals surface area (Å²) in [5, 5.41) is 43.5. The van der Waals surface area contributed by atoms with E-state index < -0.39 is 31.0 Å². The number of carbonyl (C=O) groups excluding carboxylic acids is 1. The maximum atomic E-state index is 9.90. The maximum Gasteiger partial charge on any atom is 1.00 e. The minimum Gasteiger partial charge on any atom is -1.00 e. The fourth-order valence-electron chi connectivity index (χ4n) is 0.742. The van der Waals surface area contributed by atoms with Gasteiger partial charge in [0.1, 0.15) is 24.4 Å². The number of aliphatic hydroxyl groups is 5. The van der Waals surface area contributed by atoms with Gasteiger partial charge in [0, 0.05) is 0 Å². The van der Waals surface area contributed by atoms with Gasteiger partial charge in [-0.2, -0.15) is 0 Å². The van der Waals surface area contributed by atoms with E-state index in [1.165, 1.54) is 0 Å². The summed E-state index contributed by atoms with van der Waals surface area (Å²) in [5.74, 6) is 0. The minimum absolute atomic E-state index is 0. The molecule has 7 nitrogen and oxygen atoms in total. The van der Waals surface area contributed by atoms with Gasteiger partial charge >= 0.3 is 51.4 Å². The largest absolute Gasteiger partial charge is 1.00 e. The van der Waals surface area contributed by atoms with Crippen molar-refractivity contribution in [3.63, 3.8) is 0 Å². The summed E-state index contributed by atoms with van der Waals surface area (Å²) in [6, 6.07) is 0. The van der Waals surface area contributed by atoms with Crippen LogP contribution in [-0.4, -0.2) is 73.8 Å². The molecule has 0 unspecified atom stereocenters. The fraction of sp³-hybridized carbons (Fsp3) is 0.778. The first-order valence-electron chi connectivity index (χ1n) is 4.95. The second-order valence-corrected chi connectivity index (χ2v) is 4.14. The number of hydrogen-bond donors (Lipinski definition) is 6. The Bertz CT molecular complexity index is 250. The van der Waals surface area contributed by atoms with E-state index in [0.717, 1.165) is 0 Å². The van der Waals surface area contributed by atoms with E-state index in [-0.39, 0.29) is 59.1 Å². The Balaban J connectivity index is -0.000000139. The zero-order valence-electron chi connectivity index (χ0n) is 11.7. The number of hydrogen-bond acceptors (Lipinski definition) is 8. The van der Waals surface area contributed by atoms with Crippen molar-refractivity contribution in [2.45, 2.75) is 31.3 Å². The zero-order chi connectivity index (χ0) is 14.7. The molecule has 0 amide bonds. The van der Waals surface area contributed by atoms with Gasteiger partial charge in [-0.1, -0.05) is 12.6 Å². The molecule has 0 aromatic rings. The van der Waals surface area contributed by atoms with Crippen molar-refractivity contribution in [3.05, 3.63) is 0 Å².